The van der Waals surface area contributed by atoms with Gasteiger partial charge in [-0.1, -0.05) is 88.4 Å². The molecule has 0 unspecified atom stereocenters. The third-order valence-corrected chi connectivity index (χ3v) is 8.79. The number of benzene rings is 3. The minimum absolute atomic E-state index is 0.0379. The number of carbonyl (C=O) groups excluding carboxylic acids is 2. The standard InChI is InChI=1S/C34H28N2O4/c1-33(2)19-9-5-7-11-21(19)35-31(33)25-27(37)23(28(25)38)17-13-15-18(16-14-17)24-29(39)26(30(24)40)32-34(3,4)20-10-6-8-12-22(20)36-32/h5-16,35-37,39H,1-4H3. The predicted octanol–water partition coefficient (Wildman–Crippen LogP) is 6.71. The van der Waals surface area contributed by atoms with Crippen LogP contribution >= 0.6 is 0 Å². The Bertz CT molecular complexity index is 1700. The van der Waals surface area contributed by atoms with Crippen molar-refractivity contribution in [1.29, 1.82) is 0 Å². The van der Waals surface area contributed by atoms with Crippen molar-refractivity contribution in [2.24, 2.45) is 0 Å². The van der Waals surface area contributed by atoms with Crippen LogP contribution in [0.25, 0.3) is 11.1 Å². The number of anilines is 2. The number of fused-ring (bicyclic) bond motifs is 2. The molecule has 7 rings (SSSR count). The van der Waals surface area contributed by atoms with E-state index in [1.807, 2.05) is 76.2 Å². The lowest BCUT2D eigenvalue weighted by Gasteiger charge is -2.30. The molecule has 0 aromatic heterocycles. The molecule has 198 valence electrons. The summed E-state index contributed by atoms with van der Waals surface area (Å²) in [5.74, 6) is -0.527. The number of allylic oxidation sites excluding steroid dienone is 6. The van der Waals surface area contributed by atoms with Crippen LogP contribution in [0.3, 0.4) is 0 Å². The number of aliphatic hydroxyl groups is 2. The highest BCUT2D eigenvalue weighted by Gasteiger charge is 2.46. The summed E-state index contributed by atoms with van der Waals surface area (Å²) in [6.07, 6.45) is 0. The van der Waals surface area contributed by atoms with Crippen LogP contribution in [0.2, 0.25) is 0 Å². The molecule has 0 atom stereocenters. The zero-order valence-corrected chi connectivity index (χ0v) is 22.6. The molecular weight excluding hydrogens is 500 g/mol. The second-order valence-electron chi connectivity index (χ2n) is 11.8. The molecule has 3 aromatic rings. The molecule has 0 saturated carbocycles. The number of aliphatic hydroxyl groups excluding tert-OH is 2. The Kier molecular flexibility index (Phi) is 4.75. The van der Waals surface area contributed by atoms with Gasteiger partial charge in [-0.2, -0.15) is 0 Å². The molecule has 0 bridgehead atoms. The fourth-order valence-electron chi connectivity index (χ4n) is 6.48. The molecule has 4 N–H and O–H groups in total. The van der Waals surface area contributed by atoms with Crippen LogP contribution in [-0.2, 0) is 20.4 Å². The normalized spacial score (nSPS) is 23.8. The van der Waals surface area contributed by atoms with Gasteiger partial charge in [0.15, 0.2) is 0 Å². The van der Waals surface area contributed by atoms with E-state index in [1.54, 1.807) is 24.3 Å². The Balaban J connectivity index is 1.21. The molecule has 0 saturated heterocycles. The minimum Gasteiger partial charge on any atom is -0.506 e. The summed E-state index contributed by atoms with van der Waals surface area (Å²) in [7, 11) is 0. The third-order valence-electron chi connectivity index (χ3n) is 8.79. The molecule has 2 aliphatic heterocycles. The third kappa shape index (κ3) is 2.99. The van der Waals surface area contributed by atoms with Crippen molar-refractivity contribution in [3.8, 4) is 0 Å². The maximum atomic E-state index is 13.3. The van der Waals surface area contributed by atoms with Gasteiger partial charge in [0.25, 0.3) is 0 Å². The van der Waals surface area contributed by atoms with Gasteiger partial charge in [-0.15, -0.1) is 0 Å². The summed E-state index contributed by atoms with van der Waals surface area (Å²) < 4.78 is 0. The number of rotatable bonds is 2. The Hall–Kier alpha value is -4.84. The monoisotopic (exact) mass is 528 g/mol. The summed E-state index contributed by atoms with van der Waals surface area (Å²) in [6.45, 7) is 8.12. The van der Waals surface area contributed by atoms with Crippen LogP contribution in [0.15, 0.2) is 107 Å². The van der Waals surface area contributed by atoms with Gasteiger partial charge < -0.3 is 20.8 Å². The van der Waals surface area contributed by atoms with Crippen molar-refractivity contribution < 1.29 is 19.8 Å². The largest absolute Gasteiger partial charge is 0.506 e. The van der Waals surface area contributed by atoms with E-state index in [-0.39, 0.29) is 34.2 Å². The van der Waals surface area contributed by atoms with E-state index >= 15 is 0 Å². The average molecular weight is 529 g/mol. The van der Waals surface area contributed by atoms with E-state index in [9.17, 15) is 19.8 Å². The summed E-state index contributed by atoms with van der Waals surface area (Å²) >= 11 is 0. The number of Topliss-reactive ketones (excluding diaryl/α,β-unsaturated/α-hetero) is 2. The van der Waals surface area contributed by atoms with Gasteiger partial charge in [-0.3, -0.25) is 9.59 Å². The number of para-hydroxylation sites is 2. The number of ketones is 2. The molecule has 40 heavy (non-hydrogen) atoms. The molecule has 0 radical (unpaired) electrons. The second kappa shape index (κ2) is 7.85. The van der Waals surface area contributed by atoms with Crippen molar-refractivity contribution >= 4 is 34.1 Å². The Labute approximate surface area is 232 Å². The highest BCUT2D eigenvalue weighted by atomic mass is 16.3. The van der Waals surface area contributed by atoms with E-state index in [2.05, 4.69) is 10.6 Å². The fourth-order valence-corrected chi connectivity index (χ4v) is 6.48. The van der Waals surface area contributed by atoms with Crippen molar-refractivity contribution in [2.45, 2.75) is 38.5 Å². The maximum absolute atomic E-state index is 13.3. The zero-order valence-electron chi connectivity index (χ0n) is 22.6. The molecule has 0 amide bonds. The first-order valence-electron chi connectivity index (χ1n) is 13.3. The summed E-state index contributed by atoms with van der Waals surface area (Å²) in [5, 5.41) is 28.7. The first-order valence-corrected chi connectivity index (χ1v) is 13.3. The van der Waals surface area contributed by atoms with E-state index in [4.69, 9.17) is 0 Å². The van der Waals surface area contributed by atoms with Crippen LogP contribution in [-0.4, -0.2) is 21.8 Å². The van der Waals surface area contributed by atoms with Crippen molar-refractivity contribution in [1.82, 2.24) is 0 Å². The number of carbonyl (C=O) groups is 2. The van der Waals surface area contributed by atoms with Crippen molar-refractivity contribution in [2.75, 3.05) is 10.6 Å². The van der Waals surface area contributed by atoms with Gasteiger partial charge in [0.2, 0.25) is 11.6 Å². The number of hydrogen-bond donors (Lipinski definition) is 4. The van der Waals surface area contributed by atoms with E-state index in [0.29, 0.717) is 33.7 Å². The number of nitrogens with one attached hydrogen (secondary N) is 2. The number of hydrogen-bond acceptors (Lipinski definition) is 6. The molecule has 2 aliphatic carbocycles. The molecule has 0 fully saturated rings. The molecule has 6 nitrogen and oxygen atoms in total. The van der Waals surface area contributed by atoms with Gasteiger partial charge in [0.1, 0.15) is 11.5 Å². The molecule has 2 heterocycles. The molecule has 6 heteroatoms. The van der Waals surface area contributed by atoms with Crippen LogP contribution < -0.4 is 10.6 Å². The summed E-state index contributed by atoms with van der Waals surface area (Å²) in [4.78, 5) is 26.6. The maximum Gasteiger partial charge on any atom is 0.202 e. The van der Waals surface area contributed by atoms with Gasteiger partial charge in [0.05, 0.1) is 22.3 Å². The van der Waals surface area contributed by atoms with Gasteiger partial charge in [-0.05, 0) is 34.4 Å². The van der Waals surface area contributed by atoms with E-state index in [0.717, 1.165) is 22.5 Å². The first-order chi connectivity index (χ1) is 19.0. The van der Waals surface area contributed by atoms with Crippen LogP contribution in [0.1, 0.15) is 49.9 Å². The highest BCUT2D eigenvalue weighted by molar-refractivity contribution is 6.40. The van der Waals surface area contributed by atoms with Gasteiger partial charge >= 0.3 is 0 Å². The van der Waals surface area contributed by atoms with Gasteiger partial charge in [-0.25, -0.2) is 0 Å². The summed E-state index contributed by atoms with van der Waals surface area (Å²) in [5.41, 5.74) is 6.72. The lowest BCUT2D eigenvalue weighted by molar-refractivity contribution is -0.112. The highest BCUT2D eigenvalue weighted by Crippen LogP contribution is 2.51. The van der Waals surface area contributed by atoms with Crippen molar-refractivity contribution in [3.63, 3.8) is 0 Å². The summed E-state index contributed by atoms with van der Waals surface area (Å²) in [6, 6.07) is 22.6. The van der Waals surface area contributed by atoms with Crippen LogP contribution in [0, 0.1) is 0 Å². The Morgan fingerprint density at radius 1 is 0.525 bits per heavy atom. The smallest absolute Gasteiger partial charge is 0.202 e. The second-order valence-corrected chi connectivity index (χ2v) is 11.8. The molecule has 0 spiro atoms. The van der Waals surface area contributed by atoms with Crippen LogP contribution in [0.5, 0.6) is 0 Å². The minimum atomic E-state index is -0.449. The topological polar surface area (TPSA) is 98.7 Å². The molecular formula is C34H28N2O4. The Morgan fingerprint density at radius 3 is 1.20 bits per heavy atom. The predicted molar refractivity (Wildman–Crippen MR) is 156 cm³/mol. The quantitative estimate of drug-likeness (QED) is 0.276. The Morgan fingerprint density at radius 2 is 0.875 bits per heavy atom. The van der Waals surface area contributed by atoms with E-state index in [1.165, 1.54) is 0 Å². The van der Waals surface area contributed by atoms with Crippen molar-refractivity contribution in [3.05, 3.63) is 129 Å². The first kappa shape index (κ1) is 24.2. The zero-order chi connectivity index (χ0) is 28.1. The lowest BCUT2D eigenvalue weighted by atomic mass is 9.74. The molecule has 4 aliphatic rings. The molecule has 3 aromatic carbocycles. The van der Waals surface area contributed by atoms with Gasteiger partial charge in [0, 0.05) is 33.6 Å². The average Bonchev–Trinajstić information content (AvgIpc) is 3.34. The van der Waals surface area contributed by atoms with Crippen LogP contribution in [0.4, 0.5) is 11.4 Å². The SMILES string of the molecule is CC1(C)C(=C2C(=O)C(c3ccc(C4=C(O)C(=C5Nc6ccccc6C5(C)C)C4=O)cc3)=C2O)Nc2ccccc21. The lowest BCUT2D eigenvalue weighted by Crippen LogP contribution is -2.30. The van der Waals surface area contributed by atoms with E-state index < -0.39 is 10.8 Å². The fraction of sp³-hybridized carbons (Fsp3) is 0.176.